The molecule has 0 amide bonds. The molecule has 0 bridgehead atoms. The van der Waals surface area contributed by atoms with Crippen molar-refractivity contribution in [2.75, 3.05) is 7.11 Å². The molecule has 0 radical (unpaired) electrons. The number of methoxy groups -OCH3 is 1. The van der Waals surface area contributed by atoms with Gasteiger partial charge in [0.15, 0.2) is 5.78 Å². The van der Waals surface area contributed by atoms with Crippen LogP contribution in [0.3, 0.4) is 0 Å². The molecule has 2 aromatic rings. The van der Waals surface area contributed by atoms with Crippen LogP contribution in [0.25, 0.3) is 11.1 Å². The third kappa shape index (κ3) is 6.20. The van der Waals surface area contributed by atoms with E-state index < -0.39 is 0 Å². The number of Topliss-reactive ketones (excluding diaryl/α,β-unsaturated/α-hetero) is 1. The van der Waals surface area contributed by atoms with Crippen LogP contribution in [0.2, 0.25) is 0 Å². The number of allylic oxidation sites excluding steroid dienone is 6. The van der Waals surface area contributed by atoms with Crippen molar-refractivity contribution in [3.63, 3.8) is 0 Å². The highest BCUT2D eigenvalue weighted by atomic mass is 16.5. The number of carbonyl (C=O) groups excluding carboxylic acids is 1. The summed E-state index contributed by atoms with van der Waals surface area (Å²) in [5.74, 6) is 0.930. The van der Waals surface area contributed by atoms with Gasteiger partial charge in [-0.1, -0.05) is 60.7 Å². The Morgan fingerprint density at radius 3 is 2.19 bits per heavy atom. The molecule has 0 aliphatic heterocycles. The number of benzene rings is 2. The van der Waals surface area contributed by atoms with E-state index in [4.69, 9.17) is 4.74 Å². The summed E-state index contributed by atoms with van der Waals surface area (Å²) in [6.07, 6.45) is 1.36. The first-order valence-corrected chi connectivity index (χ1v) is 11.0. The number of hydrogen-bond donors (Lipinski definition) is 0. The van der Waals surface area contributed by atoms with Crippen LogP contribution >= 0.6 is 0 Å². The molecule has 2 nitrogen and oxygen atoms in total. The number of aryl methyl sites for hydroxylation is 1. The van der Waals surface area contributed by atoms with Crippen LogP contribution in [0, 0.1) is 6.92 Å². The second-order valence-electron chi connectivity index (χ2n) is 8.77. The second kappa shape index (κ2) is 10.9. The average Bonchev–Trinajstić information content (AvgIpc) is 2.72. The van der Waals surface area contributed by atoms with Gasteiger partial charge in [-0.2, -0.15) is 0 Å². The summed E-state index contributed by atoms with van der Waals surface area (Å²) < 4.78 is 5.62. The first-order valence-electron chi connectivity index (χ1n) is 11.0. The SMILES string of the molecule is C=C(C)/C(=C(/C)OC)c1cc(C(=C)CC(C(C)=O)=C(C)C)ccc1Cc1cccc(C)c1. The lowest BCUT2D eigenvalue weighted by Crippen LogP contribution is -2.03. The summed E-state index contributed by atoms with van der Waals surface area (Å²) in [6, 6.07) is 15.0. The van der Waals surface area contributed by atoms with Crippen LogP contribution in [0.4, 0.5) is 0 Å². The molecule has 0 heterocycles. The molecule has 2 aromatic carbocycles. The van der Waals surface area contributed by atoms with Crippen molar-refractivity contribution in [2.45, 2.75) is 54.4 Å². The van der Waals surface area contributed by atoms with E-state index in [1.807, 2.05) is 27.7 Å². The molecule has 2 rings (SSSR count). The van der Waals surface area contributed by atoms with Gasteiger partial charge in [-0.3, -0.25) is 4.79 Å². The number of carbonyl (C=O) groups is 1. The van der Waals surface area contributed by atoms with E-state index in [-0.39, 0.29) is 5.78 Å². The number of rotatable bonds is 9. The maximum absolute atomic E-state index is 12.1. The zero-order valence-electron chi connectivity index (χ0n) is 20.7. The Morgan fingerprint density at radius 2 is 1.66 bits per heavy atom. The Balaban J connectivity index is 2.62. The molecule has 0 aliphatic rings. The van der Waals surface area contributed by atoms with Crippen LogP contribution in [-0.2, 0) is 16.0 Å². The van der Waals surface area contributed by atoms with Crippen LogP contribution < -0.4 is 0 Å². The van der Waals surface area contributed by atoms with Gasteiger partial charge in [0.25, 0.3) is 0 Å². The maximum atomic E-state index is 12.1. The normalized spacial score (nSPS) is 11.5. The molecule has 0 saturated heterocycles. The molecule has 0 aliphatic carbocycles. The van der Waals surface area contributed by atoms with Crippen molar-refractivity contribution in [1.29, 1.82) is 0 Å². The fourth-order valence-electron chi connectivity index (χ4n) is 4.02. The fourth-order valence-corrected chi connectivity index (χ4v) is 4.02. The van der Waals surface area contributed by atoms with E-state index in [9.17, 15) is 4.79 Å². The largest absolute Gasteiger partial charge is 0.501 e. The van der Waals surface area contributed by atoms with E-state index in [1.165, 1.54) is 16.7 Å². The Morgan fingerprint density at radius 1 is 0.969 bits per heavy atom. The van der Waals surface area contributed by atoms with Crippen molar-refractivity contribution in [3.8, 4) is 0 Å². The molecule has 0 saturated carbocycles. The standard InChI is InChI=1S/C30H36O2/c1-19(2)28(23(7)31)16-22(6)26-13-14-27(17-25-12-10-11-21(5)15-25)29(18-26)30(20(3)4)24(8)32-9/h10-15,18H,3,6,16-17H2,1-2,4-5,7-9H3/b30-24+. The first-order chi connectivity index (χ1) is 15.0. The quantitative estimate of drug-likeness (QED) is 0.231. The van der Waals surface area contributed by atoms with Gasteiger partial charge in [0, 0.05) is 12.0 Å². The minimum absolute atomic E-state index is 0.0974. The van der Waals surface area contributed by atoms with E-state index >= 15 is 0 Å². The summed E-state index contributed by atoms with van der Waals surface area (Å²) >= 11 is 0. The van der Waals surface area contributed by atoms with Crippen LogP contribution in [0.5, 0.6) is 0 Å². The molecule has 0 fully saturated rings. The Hall–Kier alpha value is -3.13. The summed E-state index contributed by atoms with van der Waals surface area (Å²) in [5.41, 5.74) is 10.6. The molecule has 0 N–H and O–H groups in total. The molecule has 0 aromatic heterocycles. The summed E-state index contributed by atoms with van der Waals surface area (Å²) in [5, 5.41) is 0. The number of ketones is 1. The van der Waals surface area contributed by atoms with E-state index in [1.54, 1.807) is 14.0 Å². The Labute approximate surface area is 194 Å². The van der Waals surface area contributed by atoms with E-state index in [2.05, 4.69) is 62.5 Å². The molecular formula is C30H36O2. The van der Waals surface area contributed by atoms with Crippen LogP contribution in [0.15, 0.2) is 78.1 Å². The zero-order chi connectivity index (χ0) is 24.0. The molecule has 2 heteroatoms. The zero-order valence-corrected chi connectivity index (χ0v) is 20.7. The van der Waals surface area contributed by atoms with E-state index in [0.717, 1.165) is 51.2 Å². The van der Waals surface area contributed by atoms with Crippen molar-refractivity contribution in [3.05, 3.63) is 106 Å². The van der Waals surface area contributed by atoms with Gasteiger partial charge in [-0.15, -0.1) is 0 Å². The summed E-state index contributed by atoms with van der Waals surface area (Å²) in [4.78, 5) is 12.1. The molecule has 0 spiro atoms. The molecular weight excluding hydrogens is 392 g/mol. The molecule has 0 unspecified atom stereocenters. The monoisotopic (exact) mass is 428 g/mol. The lowest BCUT2D eigenvalue weighted by molar-refractivity contribution is -0.113. The predicted molar refractivity (Wildman–Crippen MR) is 138 cm³/mol. The van der Waals surface area contributed by atoms with Gasteiger partial charge in [-0.25, -0.2) is 0 Å². The van der Waals surface area contributed by atoms with Gasteiger partial charge in [0.05, 0.1) is 7.11 Å². The average molecular weight is 429 g/mol. The van der Waals surface area contributed by atoms with Crippen molar-refractivity contribution >= 4 is 16.9 Å². The van der Waals surface area contributed by atoms with Gasteiger partial charge < -0.3 is 4.74 Å². The highest BCUT2D eigenvalue weighted by molar-refractivity contribution is 5.96. The third-order valence-electron chi connectivity index (χ3n) is 5.77. The Kier molecular flexibility index (Phi) is 8.60. The molecule has 168 valence electrons. The lowest BCUT2D eigenvalue weighted by atomic mass is 9.87. The third-order valence-corrected chi connectivity index (χ3v) is 5.77. The van der Waals surface area contributed by atoms with Crippen molar-refractivity contribution in [1.82, 2.24) is 0 Å². The van der Waals surface area contributed by atoms with E-state index in [0.29, 0.717) is 6.42 Å². The summed E-state index contributed by atoms with van der Waals surface area (Å²) in [6.45, 7) is 20.2. The number of hydrogen-bond acceptors (Lipinski definition) is 2. The van der Waals surface area contributed by atoms with Gasteiger partial charge in [0.1, 0.15) is 5.76 Å². The predicted octanol–water partition coefficient (Wildman–Crippen LogP) is 7.87. The number of ether oxygens (including phenoxy) is 1. The van der Waals surface area contributed by atoms with Gasteiger partial charge in [-0.05, 0) is 93.0 Å². The minimum atomic E-state index is 0.0974. The second-order valence-corrected chi connectivity index (χ2v) is 8.77. The van der Waals surface area contributed by atoms with Gasteiger partial charge in [0.2, 0.25) is 0 Å². The maximum Gasteiger partial charge on any atom is 0.156 e. The first kappa shape index (κ1) is 25.1. The summed E-state index contributed by atoms with van der Waals surface area (Å²) in [7, 11) is 1.69. The van der Waals surface area contributed by atoms with Crippen molar-refractivity contribution in [2.24, 2.45) is 0 Å². The van der Waals surface area contributed by atoms with Crippen LogP contribution in [0.1, 0.15) is 68.9 Å². The molecule has 0 atom stereocenters. The minimum Gasteiger partial charge on any atom is -0.501 e. The van der Waals surface area contributed by atoms with Crippen molar-refractivity contribution < 1.29 is 9.53 Å². The van der Waals surface area contributed by atoms with Crippen LogP contribution in [-0.4, -0.2) is 12.9 Å². The highest BCUT2D eigenvalue weighted by Crippen LogP contribution is 2.33. The Bertz CT molecular complexity index is 1110. The van der Waals surface area contributed by atoms with Gasteiger partial charge >= 0.3 is 0 Å². The lowest BCUT2D eigenvalue weighted by Gasteiger charge is -2.19. The highest BCUT2D eigenvalue weighted by Gasteiger charge is 2.16. The topological polar surface area (TPSA) is 26.3 Å². The molecule has 32 heavy (non-hydrogen) atoms. The smallest absolute Gasteiger partial charge is 0.156 e. The fraction of sp³-hybridized carbons (Fsp3) is 0.300.